The Labute approximate surface area is 144 Å². The zero-order valence-corrected chi connectivity index (χ0v) is 14.3. The third-order valence-corrected chi connectivity index (χ3v) is 4.91. The van der Waals surface area contributed by atoms with Gasteiger partial charge < -0.3 is 10.4 Å². The van der Waals surface area contributed by atoms with Gasteiger partial charge in [-0.15, -0.1) is 0 Å². The van der Waals surface area contributed by atoms with E-state index in [2.05, 4.69) is 15.0 Å². The van der Waals surface area contributed by atoms with Crippen molar-refractivity contribution in [3.63, 3.8) is 0 Å². The summed E-state index contributed by atoms with van der Waals surface area (Å²) in [6.45, 7) is 1.66. The van der Waals surface area contributed by atoms with E-state index in [-0.39, 0.29) is 22.9 Å². The monoisotopic (exact) mass is 369 g/mol. The Kier molecular flexibility index (Phi) is 5.76. The van der Waals surface area contributed by atoms with E-state index in [1.54, 1.807) is 6.92 Å². The average Bonchev–Trinajstić information content (AvgIpc) is 2.55. The Morgan fingerprint density at radius 1 is 1.29 bits per heavy atom. The van der Waals surface area contributed by atoms with Gasteiger partial charge in [-0.05, 0) is 42.8 Å². The predicted octanol–water partition coefficient (Wildman–Crippen LogP) is 2.14. The van der Waals surface area contributed by atoms with Gasteiger partial charge in [0.05, 0.1) is 4.90 Å². The Balaban J connectivity index is 2.15. The summed E-state index contributed by atoms with van der Waals surface area (Å²) in [7, 11) is -3.89. The number of nitrogens with zero attached hydrogens (tertiary/aromatic N) is 1. The minimum atomic E-state index is -3.89. The fourth-order valence-corrected chi connectivity index (χ4v) is 3.29. The molecule has 2 aromatic rings. The fraction of sp³-hybridized carbons (Fsp3) is 0.200. The van der Waals surface area contributed by atoms with Crippen molar-refractivity contribution in [3.05, 3.63) is 47.6 Å². The molecular formula is C15H16ClN3O4S. The molecule has 0 fully saturated rings. The summed E-state index contributed by atoms with van der Waals surface area (Å²) >= 11 is 5.74. The summed E-state index contributed by atoms with van der Waals surface area (Å²) in [6, 6.07) is 7.44. The van der Waals surface area contributed by atoms with E-state index in [0.29, 0.717) is 5.02 Å². The number of benzene rings is 1. The molecule has 1 atom stereocenters. The maximum atomic E-state index is 12.3. The van der Waals surface area contributed by atoms with Crippen LogP contribution in [0.1, 0.15) is 13.3 Å². The first-order valence-electron chi connectivity index (χ1n) is 7.06. The van der Waals surface area contributed by atoms with Crippen LogP contribution in [-0.2, 0) is 14.8 Å². The lowest BCUT2D eigenvalue weighted by Gasteiger charge is -2.17. The van der Waals surface area contributed by atoms with Crippen molar-refractivity contribution in [1.29, 1.82) is 0 Å². The summed E-state index contributed by atoms with van der Waals surface area (Å²) in [6.07, 6.45) is 1.61. The van der Waals surface area contributed by atoms with Crippen molar-refractivity contribution in [2.45, 2.75) is 24.3 Å². The lowest BCUT2D eigenvalue weighted by molar-refractivity contribution is -0.117. The van der Waals surface area contributed by atoms with Crippen LogP contribution in [0.2, 0.25) is 5.02 Å². The van der Waals surface area contributed by atoms with Crippen LogP contribution in [0.4, 0.5) is 5.82 Å². The van der Waals surface area contributed by atoms with Gasteiger partial charge in [0.2, 0.25) is 15.9 Å². The molecule has 0 aliphatic carbocycles. The summed E-state index contributed by atoms with van der Waals surface area (Å²) in [5.41, 5.74) is 0. The smallest absolute Gasteiger partial charge is 0.243 e. The number of hydrogen-bond donors (Lipinski definition) is 3. The van der Waals surface area contributed by atoms with E-state index in [9.17, 15) is 18.3 Å². The topological polar surface area (TPSA) is 108 Å². The van der Waals surface area contributed by atoms with Crippen molar-refractivity contribution in [3.8, 4) is 5.75 Å². The van der Waals surface area contributed by atoms with Crippen LogP contribution in [0.5, 0.6) is 5.75 Å². The van der Waals surface area contributed by atoms with E-state index in [1.165, 1.54) is 42.6 Å². The molecule has 9 heteroatoms. The summed E-state index contributed by atoms with van der Waals surface area (Å²) in [4.78, 5) is 16.1. The van der Waals surface area contributed by atoms with Crippen molar-refractivity contribution < 1.29 is 18.3 Å². The molecule has 1 aromatic heterocycles. The van der Waals surface area contributed by atoms with Crippen LogP contribution < -0.4 is 10.0 Å². The van der Waals surface area contributed by atoms with Gasteiger partial charge in [-0.1, -0.05) is 18.5 Å². The second-order valence-electron chi connectivity index (χ2n) is 4.90. The quantitative estimate of drug-likeness (QED) is 0.722. The SMILES string of the molecule is CCC(NS(=O)(=O)c1ccc(Cl)cc1)C(=O)Nc1ncccc1O. The van der Waals surface area contributed by atoms with E-state index in [0.717, 1.165) is 0 Å². The number of nitrogens with one attached hydrogen (secondary N) is 2. The molecule has 7 nitrogen and oxygen atoms in total. The van der Waals surface area contributed by atoms with Gasteiger partial charge >= 0.3 is 0 Å². The second-order valence-corrected chi connectivity index (χ2v) is 7.05. The van der Waals surface area contributed by atoms with Gasteiger partial charge in [-0.25, -0.2) is 13.4 Å². The van der Waals surface area contributed by atoms with Crippen LogP contribution in [0.3, 0.4) is 0 Å². The van der Waals surface area contributed by atoms with Crippen molar-refractivity contribution in [1.82, 2.24) is 9.71 Å². The molecular weight excluding hydrogens is 354 g/mol. The van der Waals surface area contributed by atoms with Gasteiger partial charge in [-0.2, -0.15) is 4.72 Å². The Bertz CT molecular complexity index is 825. The predicted molar refractivity (Wildman–Crippen MR) is 90.4 cm³/mol. The van der Waals surface area contributed by atoms with Crippen molar-refractivity contribution >= 4 is 33.3 Å². The van der Waals surface area contributed by atoms with Gasteiger partial charge in [0, 0.05) is 11.2 Å². The highest BCUT2D eigenvalue weighted by Crippen LogP contribution is 2.19. The van der Waals surface area contributed by atoms with Crippen LogP contribution in [-0.4, -0.2) is 30.5 Å². The maximum absolute atomic E-state index is 12.3. The number of carbonyl (C=O) groups is 1. The molecule has 0 bridgehead atoms. The highest BCUT2D eigenvalue weighted by Gasteiger charge is 2.25. The maximum Gasteiger partial charge on any atom is 0.243 e. The van der Waals surface area contributed by atoms with Crippen LogP contribution >= 0.6 is 11.6 Å². The zero-order valence-electron chi connectivity index (χ0n) is 12.7. The van der Waals surface area contributed by atoms with Crippen LogP contribution in [0.15, 0.2) is 47.5 Å². The number of carbonyl (C=O) groups excluding carboxylic acids is 1. The molecule has 24 heavy (non-hydrogen) atoms. The van der Waals surface area contributed by atoms with Crippen LogP contribution in [0.25, 0.3) is 0 Å². The first kappa shape index (κ1) is 18.2. The van der Waals surface area contributed by atoms with Gasteiger partial charge in [-0.3, -0.25) is 4.79 Å². The Morgan fingerprint density at radius 3 is 2.54 bits per heavy atom. The lowest BCUT2D eigenvalue weighted by Crippen LogP contribution is -2.43. The first-order valence-corrected chi connectivity index (χ1v) is 8.92. The molecule has 1 unspecified atom stereocenters. The average molecular weight is 370 g/mol. The van der Waals surface area contributed by atoms with E-state index >= 15 is 0 Å². The molecule has 0 aliphatic heterocycles. The molecule has 1 amide bonds. The molecule has 0 radical (unpaired) electrons. The van der Waals surface area contributed by atoms with Gasteiger partial charge in [0.25, 0.3) is 0 Å². The summed E-state index contributed by atoms with van der Waals surface area (Å²) in [5, 5.41) is 12.4. The van der Waals surface area contributed by atoms with E-state index in [4.69, 9.17) is 11.6 Å². The molecule has 1 aromatic carbocycles. The lowest BCUT2D eigenvalue weighted by atomic mass is 10.2. The van der Waals surface area contributed by atoms with Crippen LogP contribution in [0, 0.1) is 0 Å². The molecule has 128 valence electrons. The minimum Gasteiger partial charge on any atom is -0.504 e. The van der Waals surface area contributed by atoms with Gasteiger partial charge in [0.1, 0.15) is 6.04 Å². The number of aromatic hydroxyl groups is 1. The summed E-state index contributed by atoms with van der Waals surface area (Å²) < 4.78 is 27.0. The molecule has 0 saturated heterocycles. The molecule has 0 saturated carbocycles. The minimum absolute atomic E-state index is 0.00108. The summed E-state index contributed by atoms with van der Waals surface area (Å²) in [5.74, 6) is -0.864. The molecule has 0 aliphatic rings. The highest BCUT2D eigenvalue weighted by molar-refractivity contribution is 7.89. The first-order chi connectivity index (χ1) is 11.3. The highest BCUT2D eigenvalue weighted by atomic mass is 35.5. The number of hydrogen-bond acceptors (Lipinski definition) is 5. The molecule has 1 heterocycles. The number of halogens is 1. The number of sulfonamides is 1. The van der Waals surface area contributed by atoms with E-state index in [1.807, 2.05) is 0 Å². The molecule has 2 rings (SSSR count). The number of rotatable bonds is 6. The molecule has 3 N–H and O–H groups in total. The number of aromatic nitrogens is 1. The number of amides is 1. The van der Waals surface area contributed by atoms with Crippen molar-refractivity contribution in [2.75, 3.05) is 5.32 Å². The number of anilines is 1. The largest absolute Gasteiger partial charge is 0.504 e. The Hall–Kier alpha value is -2.16. The molecule has 0 spiro atoms. The van der Waals surface area contributed by atoms with Gasteiger partial charge in [0.15, 0.2) is 11.6 Å². The fourth-order valence-electron chi connectivity index (χ4n) is 1.89. The number of pyridine rings is 1. The second kappa shape index (κ2) is 7.61. The Morgan fingerprint density at radius 2 is 1.96 bits per heavy atom. The zero-order chi connectivity index (χ0) is 17.7. The van der Waals surface area contributed by atoms with Crippen molar-refractivity contribution in [2.24, 2.45) is 0 Å². The standard InChI is InChI=1S/C15H16ClN3O4S/c1-2-12(15(21)18-14-13(20)4-3-9-17-14)19-24(22,23)11-7-5-10(16)6-8-11/h3-9,12,19-20H,2H2,1H3,(H,17,18,21). The normalized spacial score (nSPS) is 12.6. The third kappa shape index (κ3) is 4.44. The van der Waals surface area contributed by atoms with E-state index < -0.39 is 22.0 Å². The third-order valence-electron chi connectivity index (χ3n) is 3.17.